The second kappa shape index (κ2) is 4.43. The van der Waals surface area contributed by atoms with Crippen molar-refractivity contribution < 1.29 is 0 Å². The van der Waals surface area contributed by atoms with Gasteiger partial charge in [0.15, 0.2) is 0 Å². The number of hydrogen-bond donors (Lipinski definition) is 1. The number of nitrogens with two attached hydrogens (primary N) is 1. The van der Waals surface area contributed by atoms with E-state index in [-0.39, 0.29) is 5.54 Å². The third-order valence-corrected chi connectivity index (χ3v) is 4.43. The summed E-state index contributed by atoms with van der Waals surface area (Å²) in [6.07, 6.45) is 3.62. The zero-order chi connectivity index (χ0) is 12.6. The van der Waals surface area contributed by atoms with Crippen LogP contribution in [0.4, 0.5) is 0 Å². The molecule has 1 aliphatic carbocycles. The minimum Gasteiger partial charge on any atom is -0.328 e. The Hall–Kier alpha value is -0.860. The van der Waals surface area contributed by atoms with E-state index in [9.17, 15) is 0 Å². The van der Waals surface area contributed by atoms with Gasteiger partial charge in [0.2, 0.25) is 0 Å². The first-order valence-corrected chi connectivity index (χ1v) is 6.50. The van der Waals surface area contributed by atoms with Crippen LogP contribution in [0.5, 0.6) is 0 Å². The van der Waals surface area contributed by atoms with Gasteiger partial charge in [0, 0.05) is 6.54 Å². The van der Waals surface area contributed by atoms with Crippen LogP contribution in [0.1, 0.15) is 35.1 Å². The zero-order valence-corrected chi connectivity index (χ0v) is 11.5. The van der Waals surface area contributed by atoms with Crippen molar-refractivity contribution >= 4 is 0 Å². The molecule has 2 heteroatoms. The van der Waals surface area contributed by atoms with Crippen LogP contribution in [0, 0.1) is 13.8 Å². The summed E-state index contributed by atoms with van der Waals surface area (Å²) in [4.78, 5) is 2.32. The molecule has 0 spiro atoms. The molecule has 1 aromatic rings. The molecule has 1 aliphatic rings. The molecule has 0 saturated heterocycles. The highest BCUT2D eigenvalue weighted by Gasteiger charge is 2.38. The normalized spacial score (nSPS) is 23.9. The van der Waals surface area contributed by atoms with E-state index < -0.39 is 0 Å². The quantitative estimate of drug-likeness (QED) is 0.848. The van der Waals surface area contributed by atoms with Crippen LogP contribution in [0.15, 0.2) is 12.1 Å². The molecule has 0 fully saturated rings. The summed E-state index contributed by atoms with van der Waals surface area (Å²) >= 11 is 0. The predicted molar refractivity (Wildman–Crippen MR) is 73.3 cm³/mol. The minimum absolute atomic E-state index is 0.0453. The van der Waals surface area contributed by atoms with Gasteiger partial charge in [-0.15, -0.1) is 0 Å². The number of nitrogens with zero attached hydrogens (tertiary/aromatic N) is 1. The second-order valence-corrected chi connectivity index (χ2v) is 5.54. The molecular formula is C15H24N2. The summed E-state index contributed by atoms with van der Waals surface area (Å²) in [6, 6.07) is 4.49. The van der Waals surface area contributed by atoms with Gasteiger partial charge in [0.25, 0.3) is 0 Å². The Morgan fingerprint density at radius 1 is 1.24 bits per heavy atom. The average molecular weight is 232 g/mol. The molecule has 2 N–H and O–H groups in total. The van der Waals surface area contributed by atoms with Gasteiger partial charge < -0.3 is 5.73 Å². The highest BCUT2D eigenvalue weighted by molar-refractivity contribution is 5.46. The fourth-order valence-corrected chi connectivity index (χ4v) is 3.36. The molecule has 2 rings (SSSR count). The fourth-order valence-electron chi connectivity index (χ4n) is 3.36. The molecule has 0 radical (unpaired) electrons. The molecule has 0 bridgehead atoms. The Morgan fingerprint density at radius 3 is 2.47 bits per heavy atom. The summed E-state index contributed by atoms with van der Waals surface area (Å²) in [5, 5.41) is 0. The molecule has 0 amide bonds. The van der Waals surface area contributed by atoms with Crippen molar-refractivity contribution in [2.75, 3.05) is 20.6 Å². The van der Waals surface area contributed by atoms with Gasteiger partial charge in [-0.3, -0.25) is 4.90 Å². The van der Waals surface area contributed by atoms with Crippen molar-refractivity contribution in [3.8, 4) is 0 Å². The maximum Gasteiger partial charge on any atom is 0.0584 e. The van der Waals surface area contributed by atoms with Gasteiger partial charge >= 0.3 is 0 Å². The number of rotatable bonds is 2. The molecule has 1 aromatic carbocycles. The van der Waals surface area contributed by atoms with Crippen molar-refractivity contribution in [2.24, 2.45) is 5.73 Å². The van der Waals surface area contributed by atoms with Gasteiger partial charge in [0.1, 0.15) is 0 Å². The van der Waals surface area contributed by atoms with Crippen LogP contribution in [-0.2, 0) is 12.0 Å². The lowest BCUT2D eigenvalue weighted by Gasteiger charge is -2.45. The van der Waals surface area contributed by atoms with Crippen LogP contribution in [-0.4, -0.2) is 25.5 Å². The maximum absolute atomic E-state index is 6.13. The van der Waals surface area contributed by atoms with Gasteiger partial charge in [-0.05, 0) is 69.5 Å². The smallest absolute Gasteiger partial charge is 0.0584 e. The van der Waals surface area contributed by atoms with Crippen molar-refractivity contribution in [3.05, 3.63) is 34.4 Å². The van der Waals surface area contributed by atoms with E-state index in [2.05, 4.69) is 45.0 Å². The Balaban J connectivity index is 2.68. The Kier molecular flexibility index (Phi) is 3.28. The SMILES string of the molecule is Cc1ccc(C)c2c1CCCC2(CN)N(C)C. The predicted octanol–water partition coefficient (Wildman–Crippen LogP) is 2.36. The Bertz CT molecular complexity index is 423. The van der Waals surface area contributed by atoms with Crippen LogP contribution < -0.4 is 5.73 Å². The molecule has 17 heavy (non-hydrogen) atoms. The second-order valence-electron chi connectivity index (χ2n) is 5.54. The van der Waals surface area contributed by atoms with Gasteiger partial charge in [-0.25, -0.2) is 0 Å². The van der Waals surface area contributed by atoms with Gasteiger partial charge in [-0.2, -0.15) is 0 Å². The molecule has 1 atom stereocenters. The Morgan fingerprint density at radius 2 is 1.88 bits per heavy atom. The maximum atomic E-state index is 6.13. The first kappa shape index (κ1) is 12.6. The average Bonchev–Trinajstić information content (AvgIpc) is 2.32. The van der Waals surface area contributed by atoms with E-state index in [0.29, 0.717) is 6.54 Å². The van der Waals surface area contributed by atoms with E-state index in [1.165, 1.54) is 41.5 Å². The van der Waals surface area contributed by atoms with Crippen molar-refractivity contribution in [1.29, 1.82) is 0 Å². The third-order valence-electron chi connectivity index (χ3n) is 4.43. The van der Waals surface area contributed by atoms with E-state index in [1.54, 1.807) is 0 Å². The zero-order valence-electron chi connectivity index (χ0n) is 11.5. The minimum atomic E-state index is 0.0453. The third kappa shape index (κ3) is 1.80. The topological polar surface area (TPSA) is 29.3 Å². The number of fused-ring (bicyclic) bond motifs is 1. The highest BCUT2D eigenvalue weighted by atomic mass is 15.2. The van der Waals surface area contributed by atoms with Crippen LogP contribution in [0.3, 0.4) is 0 Å². The number of aryl methyl sites for hydroxylation is 2. The molecule has 94 valence electrons. The lowest BCUT2D eigenvalue weighted by Crippen LogP contribution is -2.50. The van der Waals surface area contributed by atoms with Gasteiger partial charge in [-0.1, -0.05) is 12.1 Å². The number of benzene rings is 1. The summed E-state index contributed by atoms with van der Waals surface area (Å²) in [5.74, 6) is 0. The van der Waals surface area contributed by atoms with E-state index >= 15 is 0 Å². The van der Waals surface area contributed by atoms with Gasteiger partial charge in [0.05, 0.1) is 5.54 Å². The lowest BCUT2D eigenvalue weighted by molar-refractivity contribution is 0.134. The molecular weight excluding hydrogens is 208 g/mol. The van der Waals surface area contributed by atoms with E-state index in [4.69, 9.17) is 5.73 Å². The molecule has 1 unspecified atom stereocenters. The monoisotopic (exact) mass is 232 g/mol. The number of hydrogen-bond acceptors (Lipinski definition) is 2. The molecule has 0 saturated carbocycles. The first-order chi connectivity index (χ1) is 8.03. The van der Waals surface area contributed by atoms with Crippen molar-refractivity contribution in [3.63, 3.8) is 0 Å². The Labute approximate surface area is 105 Å². The summed E-state index contributed by atoms with van der Waals surface area (Å²) < 4.78 is 0. The first-order valence-electron chi connectivity index (χ1n) is 6.50. The van der Waals surface area contributed by atoms with E-state index in [1.807, 2.05) is 0 Å². The van der Waals surface area contributed by atoms with Crippen molar-refractivity contribution in [1.82, 2.24) is 4.90 Å². The molecule has 0 heterocycles. The summed E-state index contributed by atoms with van der Waals surface area (Å²) in [6.45, 7) is 5.15. The van der Waals surface area contributed by atoms with E-state index in [0.717, 1.165) is 0 Å². The summed E-state index contributed by atoms with van der Waals surface area (Å²) in [7, 11) is 4.31. The lowest BCUT2D eigenvalue weighted by atomic mass is 9.72. The van der Waals surface area contributed by atoms with Crippen LogP contribution in [0.25, 0.3) is 0 Å². The van der Waals surface area contributed by atoms with Crippen LogP contribution >= 0.6 is 0 Å². The standard InChI is InChI=1S/C15H24N2/c1-11-7-8-12(2)14-13(11)6-5-9-15(14,10-16)17(3)4/h7-8H,5-6,9-10,16H2,1-4H3. The molecule has 0 aromatic heterocycles. The molecule has 2 nitrogen and oxygen atoms in total. The summed E-state index contributed by atoms with van der Waals surface area (Å²) in [5.41, 5.74) is 12.0. The largest absolute Gasteiger partial charge is 0.328 e. The highest BCUT2D eigenvalue weighted by Crippen LogP contribution is 2.41. The molecule has 0 aliphatic heterocycles. The van der Waals surface area contributed by atoms with Crippen molar-refractivity contribution in [2.45, 2.75) is 38.6 Å². The van der Waals surface area contributed by atoms with Crippen LogP contribution in [0.2, 0.25) is 0 Å². The number of likely N-dealkylation sites (N-methyl/N-ethyl adjacent to an activating group) is 1. The fraction of sp³-hybridized carbons (Fsp3) is 0.600.